The minimum absolute atomic E-state index is 0.182. The van der Waals surface area contributed by atoms with E-state index in [1.807, 2.05) is 6.07 Å². The Morgan fingerprint density at radius 3 is 2.29 bits per heavy atom. The SMILES string of the molecule is CCCNC(c1cc(C)c(F)cc1Cl)C1C(C)(C)C1(C)C. The minimum atomic E-state index is -0.229. The zero-order chi connectivity index (χ0) is 16.0. The van der Waals surface area contributed by atoms with Crippen LogP contribution in [0.5, 0.6) is 0 Å². The lowest BCUT2D eigenvalue weighted by Gasteiger charge is -2.23. The van der Waals surface area contributed by atoms with Crippen LogP contribution in [0.1, 0.15) is 58.2 Å². The number of halogens is 2. The zero-order valence-electron chi connectivity index (χ0n) is 14.0. The molecule has 0 amide bonds. The first-order chi connectivity index (χ1) is 9.64. The molecule has 2 rings (SSSR count). The molecular formula is C18H27ClFN. The second-order valence-electron chi connectivity index (χ2n) is 7.48. The van der Waals surface area contributed by atoms with Gasteiger partial charge in [-0.1, -0.05) is 52.3 Å². The number of rotatable bonds is 5. The standard InChI is InChI=1S/C18H27ClFN/c1-7-8-21-15(16-17(3,4)18(16,5)6)12-9-11(2)14(20)10-13(12)19/h9-10,15-16,21H,7-8H2,1-6H3. The molecule has 1 atom stereocenters. The van der Waals surface area contributed by atoms with E-state index < -0.39 is 0 Å². The van der Waals surface area contributed by atoms with Gasteiger partial charge < -0.3 is 5.32 Å². The van der Waals surface area contributed by atoms with Gasteiger partial charge in [0.05, 0.1) is 0 Å². The zero-order valence-corrected chi connectivity index (χ0v) is 14.7. The van der Waals surface area contributed by atoms with Crippen molar-refractivity contribution in [2.75, 3.05) is 6.54 Å². The number of hydrogen-bond donors (Lipinski definition) is 1. The third-order valence-corrected chi connectivity index (χ3v) is 6.02. The van der Waals surface area contributed by atoms with Gasteiger partial charge in [0, 0.05) is 11.1 Å². The Hall–Kier alpha value is -0.600. The van der Waals surface area contributed by atoms with Crippen LogP contribution < -0.4 is 5.32 Å². The van der Waals surface area contributed by atoms with Gasteiger partial charge in [-0.3, -0.25) is 0 Å². The van der Waals surface area contributed by atoms with Crippen molar-refractivity contribution in [3.8, 4) is 0 Å². The summed E-state index contributed by atoms with van der Waals surface area (Å²) in [6, 6.07) is 3.55. The van der Waals surface area contributed by atoms with Gasteiger partial charge in [0.25, 0.3) is 0 Å². The van der Waals surface area contributed by atoms with Gasteiger partial charge in [-0.2, -0.15) is 0 Å². The summed E-state index contributed by atoms with van der Waals surface area (Å²) in [7, 11) is 0. The Bertz CT molecular complexity index is 522. The molecule has 21 heavy (non-hydrogen) atoms. The van der Waals surface area contributed by atoms with E-state index in [2.05, 4.69) is 39.9 Å². The summed E-state index contributed by atoms with van der Waals surface area (Å²) in [6.07, 6.45) is 1.07. The summed E-state index contributed by atoms with van der Waals surface area (Å²) in [5.41, 5.74) is 2.20. The molecule has 0 radical (unpaired) electrons. The lowest BCUT2D eigenvalue weighted by molar-refractivity contribution is 0.409. The van der Waals surface area contributed by atoms with Gasteiger partial charge in [0.1, 0.15) is 5.82 Å². The highest BCUT2D eigenvalue weighted by molar-refractivity contribution is 6.31. The molecule has 1 fully saturated rings. The molecule has 1 aliphatic carbocycles. The molecule has 0 bridgehead atoms. The van der Waals surface area contributed by atoms with Crippen LogP contribution in [0.3, 0.4) is 0 Å². The lowest BCUT2D eigenvalue weighted by atomic mass is 9.94. The van der Waals surface area contributed by atoms with Crippen LogP contribution in [0.4, 0.5) is 4.39 Å². The number of hydrogen-bond acceptors (Lipinski definition) is 1. The fourth-order valence-corrected chi connectivity index (χ4v) is 3.97. The Labute approximate surface area is 133 Å². The van der Waals surface area contributed by atoms with Gasteiger partial charge in [-0.05, 0) is 53.8 Å². The maximum atomic E-state index is 13.7. The van der Waals surface area contributed by atoms with Crippen LogP contribution in [-0.4, -0.2) is 6.54 Å². The first-order valence-corrected chi connectivity index (χ1v) is 8.21. The first kappa shape index (κ1) is 16.8. The van der Waals surface area contributed by atoms with Crippen molar-refractivity contribution in [1.82, 2.24) is 5.32 Å². The number of aryl methyl sites for hydroxylation is 1. The maximum absolute atomic E-state index is 13.7. The maximum Gasteiger partial charge on any atom is 0.127 e. The van der Waals surface area contributed by atoms with Crippen LogP contribution in [0.15, 0.2) is 12.1 Å². The Balaban J connectivity index is 2.41. The average Bonchev–Trinajstić information content (AvgIpc) is 2.78. The van der Waals surface area contributed by atoms with Crippen molar-refractivity contribution in [2.24, 2.45) is 16.7 Å². The molecule has 1 saturated carbocycles. The van der Waals surface area contributed by atoms with Crippen LogP contribution in [0, 0.1) is 29.5 Å². The second-order valence-corrected chi connectivity index (χ2v) is 7.88. The van der Waals surface area contributed by atoms with Crippen molar-refractivity contribution in [1.29, 1.82) is 0 Å². The van der Waals surface area contributed by atoms with Crippen molar-refractivity contribution >= 4 is 11.6 Å². The molecule has 0 aromatic heterocycles. The molecule has 118 valence electrons. The summed E-state index contributed by atoms with van der Waals surface area (Å²) in [4.78, 5) is 0. The first-order valence-electron chi connectivity index (χ1n) is 7.83. The molecular weight excluding hydrogens is 285 g/mol. The molecule has 1 nitrogen and oxygen atoms in total. The highest BCUT2D eigenvalue weighted by Crippen LogP contribution is 2.72. The van der Waals surface area contributed by atoms with E-state index in [0.29, 0.717) is 16.5 Å². The molecule has 3 heteroatoms. The number of benzene rings is 1. The molecule has 0 aliphatic heterocycles. The summed E-state index contributed by atoms with van der Waals surface area (Å²) < 4.78 is 13.7. The molecule has 1 unspecified atom stereocenters. The highest BCUT2D eigenvalue weighted by atomic mass is 35.5. The summed E-state index contributed by atoms with van der Waals surface area (Å²) >= 11 is 6.35. The smallest absolute Gasteiger partial charge is 0.127 e. The molecule has 0 spiro atoms. The Kier molecular flexibility index (Phi) is 4.43. The molecule has 1 aliphatic rings. The molecule has 0 saturated heterocycles. The predicted octanol–water partition coefficient (Wildman–Crippen LogP) is 5.51. The molecule has 0 heterocycles. The minimum Gasteiger partial charge on any atom is -0.310 e. The Morgan fingerprint density at radius 1 is 1.24 bits per heavy atom. The molecule has 1 aromatic carbocycles. The van der Waals surface area contributed by atoms with Crippen molar-refractivity contribution in [2.45, 2.75) is 54.0 Å². The van der Waals surface area contributed by atoms with E-state index in [9.17, 15) is 4.39 Å². The van der Waals surface area contributed by atoms with Crippen LogP contribution in [-0.2, 0) is 0 Å². The van der Waals surface area contributed by atoms with Gasteiger partial charge in [0.15, 0.2) is 0 Å². The van der Waals surface area contributed by atoms with E-state index in [4.69, 9.17) is 11.6 Å². The summed E-state index contributed by atoms with van der Waals surface area (Å²) in [5, 5.41) is 4.17. The lowest BCUT2D eigenvalue weighted by Crippen LogP contribution is -2.26. The van der Waals surface area contributed by atoms with Crippen molar-refractivity contribution < 1.29 is 4.39 Å². The normalized spacial score (nSPS) is 21.3. The fraction of sp³-hybridized carbons (Fsp3) is 0.667. The van der Waals surface area contributed by atoms with Crippen LogP contribution >= 0.6 is 11.6 Å². The van der Waals surface area contributed by atoms with Crippen LogP contribution in [0.2, 0.25) is 5.02 Å². The molecule has 1 N–H and O–H groups in total. The predicted molar refractivity (Wildman–Crippen MR) is 88.2 cm³/mol. The monoisotopic (exact) mass is 311 g/mol. The second kappa shape index (κ2) is 5.55. The third kappa shape index (κ3) is 2.73. The van der Waals surface area contributed by atoms with Gasteiger partial charge in [0.2, 0.25) is 0 Å². The average molecular weight is 312 g/mol. The van der Waals surface area contributed by atoms with Crippen molar-refractivity contribution in [3.05, 3.63) is 34.1 Å². The van der Waals surface area contributed by atoms with Gasteiger partial charge in [-0.25, -0.2) is 4.39 Å². The largest absolute Gasteiger partial charge is 0.310 e. The molecule has 1 aromatic rings. The van der Waals surface area contributed by atoms with E-state index in [1.54, 1.807) is 6.92 Å². The van der Waals surface area contributed by atoms with Crippen molar-refractivity contribution in [3.63, 3.8) is 0 Å². The highest BCUT2D eigenvalue weighted by Gasteiger charge is 2.67. The van der Waals surface area contributed by atoms with Gasteiger partial charge >= 0.3 is 0 Å². The van der Waals surface area contributed by atoms with E-state index in [0.717, 1.165) is 18.5 Å². The number of nitrogens with one attached hydrogen (secondary N) is 1. The van der Waals surface area contributed by atoms with E-state index in [1.165, 1.54) is 6.07 Å². The topological polar surface area (TPSA) is 12.0 Å². The summed E-state index contributed by atoms with van der Waals surface area (Å²) in [6.45, 7) is 14.1. The summed E-state index contributed by atoms with van der Waals surface area (Å²) in [5.74, 6) is 0.270. The third-order valence-electron chi connectivity index (χ3n) is 5.69. The quantitative estimate of drug-likeness (QED) is 0.756. The fourth-order valence-electron chi connectivity index (χ4n) is 3.71. The van der Waals surface area contributed by atoms with Crippen LogP contribution in [0.25, 0.3) is 0 Å². The van der Waals surface area contributed by atoms with Gasteiger partial charge in [-0.15, -0.1) is 0 Å². The van der Waals surface area contributed by atoms with E-state index >= 15 is 0 Å². The van der Waals surface area contributed by atoms with E-state index in [-0.39, 0.29) is 22.7 Å². The Morgan fingerprint density at radius 2 is 1.81 bits per heavy atom.